The summed E-state index contributed by atoms with van der Waals surface area (Å²) in [6.45, 7) is -2.96. The molecule has 116 valence electrons. The Labute approximate surface area is 129 Å². The normalized spacial score (nSPS) is 10.7. The molecule has 0 amide bonds. The van der Waals surface area contributed by atoms with E-state index in [0.717, 1.165) is 0 Å². The SMILES string of the molecule is Nc1cc(Cc2cc(Cl)ccc2OC(F)F)ccc1[N+](=O)[O-]. The molecule has 0 aliphatic rings. The second-order valence-corrected chi connectivity index (χ2v) is 4.89. The average molecular weight is 329 g/mol. The molecule has 0 heterocycles. The van der Waals surface area contributed by atoms with Crippen molar-refractivity contribution in [3.63, 3.8) is 0 Å². The van der Waals surface area contributed by atoms with Gasteiger partial charge in [0.15, 0.2) is 0 Å². The molecular formula is C14H11ClF2N2O3. The Kier molecular flexibility index (Phi) is 4.77. The van der Waals surface area contributed by atoms with Crippen molar-refractivity contribution in [2.45, 2.75) is 13.0 Å². The summed E-state index contributed by atoms with van der Waals surface area (Å²) >= 11 is 5.86. The standard InChI is InChI=1S/C14H11ClF2N2O3/c15-10-2-4-13(22-14(16)17)9(7-10)5-8-1-3-12(19(20)21)11(18)6-8/h1-4,6-7,14H,5,18H2. The second kappa shape index (κ2) is 6.57. The zero-order valence-corrected chi connectivity index (χ0v) is 11.9. The topological polar surface area (TPSA) is 78.4 Å². The van der Waals surface area contributed by atoms with Crippen LogP contribution >= 0.6 is 11.6 Å². The van der Waals surface area contributed by atoms with Crippen molar-refractivity contribution in [3.05, 3.63) is 62.7 Å². The van der Waals surface area contributed by atoms with Crippen molar-refractivity contribution in [2.24, 2.45) is 0 Å². The fraction of sp³-hybridized carbons (Fsp3) is 0.143. The van der Waals surface area contributed by atoms with E-state index in [-0.39, 0.29) is 23.5 Å². The molecule has 0 aliphatic carbocycles. The van der Waals surface area contributed by atoms with Gasteiger partial charge in [-0.15, -0.1) is 0 Å². The zero-order valence-electron chi connectivity index (χ0n) is 11.1. The Morgan fingerprint density at radius 2 is 2.00 bits per heavy atom. The number of rotatable bonds is 5. The molecule has 0 atom stereocenters. The summed E-state index contributed by atoms with van der Waals surface area (Å²) in [5, 5.41) is 11.1. The Balaban J connectivity index is 2.32. The lowest BCUT2D eigenvalue weighted by molar-refractivity contribution is -0.383. The molecule has 2 N–H and O–H groups in total. The summed E-state index contributed by atoms with van der Waals surface area (Å²) in [4.78, 5) is 10.1. The van der Waals surface area contributed by atoms with Gasteiger partial charge in [0.25, 0.3) is 5.69 Å². The molecule has 8 heteroatoms. The molecule has 2 aromatic rings. The minimum absolute atomic E-state index is 0.000793. The summed E-state index contributed by atoms with van der Waals surface area (Å²) in [5.74, 6) is -0.00340. The predicted octanol–water partition coefficient (Wildman–Crippen LogP) is 4.02. The third-order valence-corrected chi connectivity index (χ3v) is 3.16. The van der Waals surface area contributed by atoms with Crippen LogP contribution in [-0.4, -0.2) is 11.5 Å². The lowest BCUT2D eigenvalue weighted by Crippen LogP contribution is -2.05. The van der Waals surface area contributed by atoms with Gasteiger partial charge in [-0.3, -0.25) is 10.1 Å². The lowest BCUT2D eigenvalue weighted by Gasteiger charge is -2.11. The molecule has 2 rings (SSSR count). The van der Waals surface area contributed by atoms with Crippen LogP contribution in [0.15, 0.2) is 36.4 Å². The van der Waals surface area contributed by atoms with Gasteiger partial charge in [-0.05, 0) is 29.8 Å². The highest BCUT2D eigenvalue weighted by Crippen LogP contribution is 2.29. The van der Waals surface area contributed by atoms with Crippen LogP contribution in [-0.2, 0) is 6.42 Å². The van der Waals surface area contributed by atoms with Crippen LogP contribution in [0.3, 0.4) is 0 Å². The van der Waals surface area contributed by atoms with Gasteiger partial charge < -0.3 is 10.5 Å². The number of nitrogen functional groups attached to an aromatic ring is 1. The average Bonchev–Trinajstić information content (AvgIpc) is 2.41. The summed E-state index contributed by atoms with van der Waals surface area (Å²) < 4.78 is 29.2. The van der Waals surface area contributed by atoms with Gasteiger partial charge in [-0.1, -0.05) is 17.7 Å². The predicted molar refractivity (Wildman–Crippen MR) is 78.4 cm³/mol. The molecule has 22 heavy (non-hydrogen) atoms. The van der Waals surface area contributed by atoms with Crippen molar-refractivity contribution in [1.82, 2.24) is 0 Å². The lowest BCUT2D eigenvalue weighted by atomic mass is 10.0. The molecule has 0 aliphatic heterocycles. The Morgan fingerprint density at radius 3 is 2.59 bits per heavy atom. The Morgan fingerprint density at radius 1 is 1.27 bits per heavy atom. The van der Waals surface area contributed by atoms with Gasteiger partial charge in [-0.2, -0.15) is 8.78 Å². The van der Waals surface area contributed by atoms with Crippen molar-refractivity contribution < 1.29 is 18.4 Å². The van der Waals surface area contributed by atoms with Crippen molar-refractivity contribution in [3.8, 4) is 5.75 Å². The fourth-order valence-electron chi connectivity index (χ4n) is 2.00. The highest BCUT2D eigenvalue weighted by atomic mass is 35.5. The monoisotopic (exact) mass is 328 g/mol. The van der Waals surface area contributed by atoms with Crippen molar-refractivity contribution in [2.75, 3.05) is 5.73 Å². The molecule has 0 unspecified atom stereocenters. The molecule has 0 saturated carbocycles. The van der Waals surface area contributed by atoms with Crippen LogP contribution < -0.4 is 10.5 Å². The molecule has 0 fully saturated rings. The largest absolute Gasteiger partial charge is 0.435 e. The third-order valence-electron chi connectivity index (χ3n) is 2.92. The summed E-state index contributed by atoms with van der Waals surface area (Å²) in [5.41, 5.74) is 6.44. The number of nitrogens with zero attached hydrogens (tertiary/aromatic N) is 1. The van der Waals surface area contributed by atoms with Gasteiger partial charge in [0.1, 0.15) is 11.4 Å². The number of nitrogens with two attached hydrogens (primary N) is 1. The molecular weight excluding hydrogens is 318 g/mol. The number of ether oxygens (including phenoxy) is 1. The maximum Gasteiger partial charge on any atom is 0.387 e. The minimum Gasteiger partial charge on any atom is -0.435 e. The molecule has 0 saturated heterocycles. The number of benzene rings is 2. The number of alkyl halides is 2. The van der Waals surface area contributed by atoms with Crippen LogP contribution in [0.5, 0.6) is 5.75 Å². The first-order valence-corrected chi connectivity index (χ1v) is 6.50. The number of hydrogen-bond acceptors (Lipinski definition) is 4. The molecule has 0 aromatic heterocycles. The highest BCUT2D eigenvalue weighted by Gasteiger charge is 2.14. The van der Waals surface area contributed by atoms with E-state index >= 15 is 0 Å². The van der Waals surface area contributed by atoms with Crippen LogP contribution in [0.1, 0.15) is 11.1 Å². The van der Waals surface area contributed by atoms with Crippen molar-refractivity contribution in [1.29, 1.82) is 0 Å². The van der Waals surface area contributed by atoms with E-state index in [2.05, 4.69) is 4.74 Å². The van der Waals surface area contributed by atoms with Gasteiger partial charge >= 0.3 is 6.61 Å². The molecule has 0 radical (unpaired) electrons. The number of nitro groups is 1. The Hall–Kier alpha value is -2.41. The summed E-state index contributed by atoms with van der Waals surface area (Å²) in [6.07, 6.45) is 0.199. The van der Waals surface area contributed by atoms with Gasteiger partial charge in [0.2, 0.25) is 0 Å². The number of nitro benzene ring substituents is 1. The highest BCUT2D eigenvalue weighted by molar-refractivity contribution is 6.30. The van der Waals surface area contributed by atoms with E-state index in [1.165, 1.54) is 36.4 Å². The number of hydrogen-bond donors (Lipinski definition) is 1. The summed E-state index contributed by atoms with van der Waals surface area (Å²) in [6, 6.07) is 8.47. The second-order valence-electron chi connectivity index (χ2n) is 4.46. The van der Waals surface area contributed by atoms with E-state index in [1.54, 1.807) is 0 Å². The maximum absolute atomic E-state index is 12.4. The van der Waals surface area contributed by atoms with E-state index < -0.39 is 11.5 Å². The van der Waals surface area contributed by atoms with Crippen LogP contribution in [0, 0.1) is 10.1 Å². The molecule has 0 spiro atoms. The molecule has 5 nitrogen and oxygen atoms in total. The van der Waals surface area contributed by atoms with Gasteiger partial charge in [0, 0.05) is 23.1 Å². The van der Waals surface area contributed by atoms with E-state index in [0.29, 0.717) is 16.1 Å². The maximum atomic E-state index is 12.4. The van der Waals surface area contributed by atoms with E-state index in [9.17, 15) is 18.9 Å². The molecule has 0 bridgehead atoms. The number of halogens is 3. The van der Waals surface area contributed by atoms with Crippen LogP contribution in [0.2, 0.25) is 5.02 Å². The van der Waals surface area contributed by atoms with Gasteiger partial charge in [-0.25, -0.2) is 0 Å². The fourth-order valence-corrected chi connectivity index (χ4v) is 2.19. The van der Waals surface area contributed by atoms with E-state index in [1.807, 2.05) is 0 Å². The quantitative estimate of drug-likeness (QED) is 0.510. The van der Waals surface area contributed by atoms with Crippen molar-refractivity contribution >= 4 is 23.0 Å². The van der Waals surface area contributed by atoms with Crippen LogP contribution in [0.25, 0.3) is 0 Å². The third kappa shape index (κ3) is 3.82. The zero-order chi connectivity index (χ0) is 16.3. The summed E-state index contributed by atoms with van der Waals surface area (Å²) in [7, 11) is 0. The first-order valence-electron chi connectivity index (χ1n) is 6.13. The van der Waals surface area contributed by atoms with Gasteiger partial charge in [0.05, 0.1) is 4.92 Å². The van der Waals surface area contributed by atoms with E-state index in [4.69, 9.17) is 17.3 Å². The smallest absolute Gasteiger partial charge is 0.387 e. The Bertz CT molecular complexity index is 710. The molecule has 2 aromatic carbocycles. The van der Waals surface area contributed by atoms with Crippen LogP contribution in [0.4, 0.5) is 20.2 Å². The first kappa shape index (κ1) is 16.0. The first-order chi connectivity index (χ1) is 10.4. The minimum atomic E-state index is -2.96. The number of anilines is 1.